The maximum absolute atomic E-state index is 12.2. The van der Waals surface area contributed by atoms with Crippen molar-refractivity contribution in [1.29, 1.82) is 0 Å². The zero-order chi connectivity index (χ0) is 21.3. The first-order chi connectivity index (χ1) is 14.5. The maximum Gasteiger partial charge on any atom is 0.313 e. The van der Waals surface area contributed by atoms with Crippen molar-refractivity contribution < 1.29 is 19.1 Å². The van der Waals surface area contributed by atoms with Crippen LogP contribution in [-0.4, -0.2) is 24.3 Å². The van der Waals surface area contributed by atoms with Crippen LogP contribution in [0.1, 0.15) is 5.56 Å². The monoisotopic (exact) mass is 403 g/mol. The van der Waals surface area contributed by atoms with E-state index in [1.807, 2.05) is 37.3 Å². The summed E-state index contributed by atoms with van der Waals surface area (Å²) in [5, 5.41) is 7.45. The van der Waals surface area contributed by atoms with Gasteiger partial charge in [0, 0.05) is 5.69 Å². The number of rotatable bonds is 6. The van der Waals surface area contributed by atoms with Crippen molar-refractivity contribution in [3.63, 3.8) is 0 Å². The second-order valence-electron chi connectivity index (χ2n) is 6.46. The molecule has 3 aromatic carbocycles. The van der Waals surface area contributed by atoms with Gasteiger partial charge in [-0.1, -0.05) is 48.0 Å². The highest BCUT2D eigenvalue weighted by Crippen LogP contribution is 2.28. The standard InChI is InChI=1S/C23H21N3O4/c1-16-11-13-17(14-12-16)25-23(29)22(28)24-15-21(27)26-19-9-5-6-10-20(19)30-18-7-3-2-4-8-18/h2-14H,15H2,1H3,(H,24,28)(H,25,29)(H,26,27). The lowest BCUT2D eigenvalue weighted by Crippen LogP contribution is -2.39. The van der Waals surface area contributed by atoms with Crippen molar-refractivity contribution in [3.8, 4) is 11.5 Å². The minimum atomic E-state index is -0.903. The quantitative estimate of drug-likeness (QED) is 0.549. The molecule has 0 spiro atoms. The lowest BCUT2D eigenvalue weighted by Gasteiger charge is -2.12. The predicted molar refractivity (Wildman–Crippen MR) is 114 cm³/mol. The first kappa shape index (κ1) is 20.6. The first-order valence-corrected chi connectivity index (χ1v) is 9.29. The Balaban J connectivity index is 1.52. The molecule has 3 amide bonds. The van der Waals surface area contributed by atoms with Gasteiger partial charge in [-0.15, -0.1) is 0 Å². The van der Waals surface area contributed by atoms with Crippen LogP contribution in [0.2, 0.25) is 0 Å². The number of para-hydroxylation sites is 3. The molecule has 0 heterocycles. The van der Waals surface area contributed by atoms with Crippen LogP contribution in [0.15, 0.2) is 78.9 Å². The molecule has 0 radical (unpaired) electrons. The van der Waals surface area contributed by atoms with Crippen LogP contribution in [0.25, 0.3) is 0 Å². The van der Waals surface area contributed by atoms with Gasteiger partial charge in [0.1, 0.15) is 5.75 Å². The van der Waals surface area contributed by atoms with Gasteiger partial charge >= 0.3 is 11.8 Å². The minimum absolute atomic E-state index is 0.361. The fraction of sp³-hybridized carbons (Fsp3) is 0.0870. The molecular formula is C23H21N3O4. The van der Waals surface area contributed by atoms with Crippen molar-refractivity contribution in [1.82, 2.24) is 5.32 Å². The lowest BCUT2D eigenvalue weighted by atomic mass is 10.2. The predicted octanol–water partition coefficient (Wildman–Crippen LogP) is 3.48. The molecule has 0 fully saturated rings. The molecule has 3 rings (SSSR count). The first-order valence-electron chi connectivity index (χ1n) is 9.29. The molecule has 0 aromatic heterocycles. The van der Waals surface area contributed by atoms with E-state index in [4.69, 9.17) is 4.74 Å². The molecule has 0 atom stereocenters. The Hall–Kier alpha value is -4.13. The van der Waals surface area contributed by atoms with E-state index in [0.29, 0.717) is 22.9 Å². The summed E-state index contributed by atoms with van der Waals surface area (Å²) in [5.74, 6) is -1.16. The fourth-order valence-corrected chi connectivity index (χ4v) is 2.53. The second kappa shape index (κ2) is 9.88. The average molecular weight is 403 g/mol. The van der Waals surface area contributed by atoms with Crippen molar-refractivity contribution in [2.24, 2.45) is 0 Å². The van der Waals surface area contributed by atoms with Gasteiger partial charge in [0.2, 0.25) is 5.91 Å². The van der Waals surface area contributed by atoms with Crippen LogP contribution < -0.4 is 20.7 Å². The smallest absolute Gasteiger partial charge is 0.313 e. The molecule has 0 aliphatic heterocycles. The molecular weight excluding hydrogens is 382 g/mol. The van der Waals surface area contributed by atoms with E-state index in [-0.39, 0.29) is 6.54 Å². The number of benzene rings is 3. The molecule has 0 aliphatic carbocycles. The summed E-state index contributed by atoms with van der Waals surface area (Å²) in [5.41, 5.74) is 1.98. The Morgan fingerprint density at radius 3 is 2.17 bits per heavy atom. The summed E-state index contributed by atoms with van der Waals surface area (Å²) in [6.07, 6.45) is 0. The normalized spacial score (nSPS) is 10.0. The number of hydrogen-bond acceptors (Lipinski definition) is 4. The Morgan fingerprint density at radius 1 is 0.767 bits per heavy atom. The zero-order valence-corrected chi connectivity index (χ0v) is 16.3. The Morgan fingerprint density at radius 2 is 1.43 bits per heavy atom. The number of carbonyl (C=O) groups is 3. The third-order valence-electron chi connectivity index (χ3n) is 4.06. The molecule has 3 aromatic rings. The summed E-state index contributed by atoms with van der Waals surface area (Å²) < 4.78 is 5.78. The van der Waals surface area contributed by atoms with Crippen LogP contribution in [0.3, 0.4) is 0 Å². The van der Waals surface area contributed by atoms with Crippen LogP contribution in [-0.2, 0) is 14.4 Å². The SMILES string of the molecule is Cc1ccc(NC(=O)C(=O)NCC(=O)Nc2ccccc2Oc2ccccc2)cc1. The Kier molecular flexibility index (Phi) is 6.78. The number of amides is 3. The van der Waals surface area contributed by atoms with E-state index in [1.54, 1.807) is 48.5 Å². The van der Waals surface area contributed by atoms with Gasteiger partial charge in [-0.25, -0.2) is 0 Å². The van der Waals surface area contributed by atoms with Gasteiger partial charge in [-0.3, -0.25) is 14.4 Å². The van der Waals surface area contributed by atoms with Crippen LogP contribution in [0.4, 0.5) is 11.4 Å². The summed E-state index contributed by atoms with van der Waals surface area (Å²) in [4.78, 5) is 36.1. The Labute approximate surface area is 174 Å². The largest absolute Gasteiger partial charge is 0.455 e. The molecule has 0 aliphatic rings. The molecule has 7 nitrogen and oxygen atoms in total. The number of ether oxygens (including phenoxy) is 1. The number of anilines is 2. The van der Waals surface area contributed by atoms with E-state index in [9.17, 15) is 14.4 Å². The fourth-order valence-electron chi connectivity index (χ4n) is 2.53. The summed E-state index contributed by atoms with van der Waals surface area (Å²) in [6.45, 7) is 1.56. The third-order valence-corrected chi connectivity index (χ3v) is 4.06. The number of nitrogens with one attached hydrogen (secondary N) is 3. The molecule has 152 valence electrons. The molecule has 3 N–H and O–H groups in total. The third kappa shape index (κ3) is 5.93. The van der Waals surface area contributed by atoms with Gasteiger partial charge in [-0.2, -0.15) is 0 Å². The van der Waals surface area contributed by atoms with E-state index >= 15 is 0 Å². The molecule has 7 heteroatoms. The van der Waals surface area contributed by atoms with Crippen molar-refractivity contribution in [2.75, 3.05) is 17.2 Å². The van der Waals surface area contributed by atoms with E-state index < -0.39 is 17.7 Å². The van der Waals surface area contributed by atoms with Crippen molar-refractivity contribution in [2.45, 2.75) is 6.92 Å². The van der Waals surface area contributed by atoms with Gasteiger partial charge in [0.25, 0.3) is 0 Å². The van der Waals surface area contributed by atoms with Crippen LogP contribution >= 0.6 is 0 Å². The van der Waals surface area contributed by atoms with E-state index in [2.05, 4.69) is 16.0 Å². The zero-order valence-electron chi connectivity index (χ0n) is 16.3. The Bertz CT molecular complexity index is 1030. The highest BCUT2D eigenvalue weighted by molar-refractivity contribution is 6.39. The summed E-state index contributed by atoms with van der Waals surface area (Å²) >= 11 is 0. The molecule has 0 unspecified atom stereocenters. The molecule has 30 heavy (non-hydrogen) atoms. The van der Waals surface area contributed by atoms with Crippen LogP contribution in [0, 0.1) is 6.92 Å². The van der Waals surface area contributed by atoms with Gasteiger partial charge < -0.3 is 20.7 Å². The van der Waals surface area contributed by atoms with Gasteiger partial charge in [0.15, 0.2) is 5.75 Å². The maximum atomic E-state index is 12.2. The van der Waals surface area contributed by atoms with Crippen molar-refractivity contribution >= 4 is 29.1 Å². The van der Waals surface area contributed by atoms with Gasteiger partial charge in [-0.05, 0) is 43.3 Å². The molecule has 0 saturated heterocycles. The van der Waals surface area contributed by atoms with Crippen LogP contribution in [0.5, 0.6) is 11.5 Å². The topological polar surface area (TPSA) is 96.5 Å². The number of hydrogen-bond donors (Lipinski definition) is 3. The van der Waals surface area contributed by atoms with E-state index in [1.165, 1.54) is 0 Å². The number of aryl methyl sites for hydroxylation is 1. The summed E-state index contributed by atoms with van der Waals surface area (Å²) in [7, 11) is 0. The highest BCUT2D eigenvalue weighted by Gasteiger charge is 2.15. The molecule has 0 saturated carbocycles. The highest BCUT2D eigenvalue weighted by atomic mass is 16.5. The van der Waals surface area contributed by atoms with Crippen molar-refractivity contribution in [3.05, 3.63) is 84.4 Å². The average Bonchev–Trinajstić information content (AvgIpc) is 2.75. The summed E-state index contributed by atoms with van der Waals surface area (Å²) in [6, 6.07) is 23.1. The number of carbonyl (C=O) groups excluding carboxylic acids is 3. The molecule has 0 bridgehead atoms. The lowest BCUT2D eigenvalue weighted by molar-refractivity contribution is -0.136. The second-order valence-corrected chi connectivity index (χ2v) is 6.46. The van der Waals surface area contributed by atoms with Gasteiger partial charge in [0.05, 0.1) is 12.2 Å². The van der Waals surface area contributed by atoms with E-state index in [0.717, 1.165) is 5.56 Å². The minimum Gasteiger partial charge on any atom is -0.455 e.